The molecule has 0 aromatic heterocycles. The Labute approximate surface area is 109 Å². The summed E-state index contributed by atoms with van der Waals surface area (Å²) in [5.74, 6) is 2.74. The minimum Gasteiger partial charge on any atom is -0.314 e. The van der Waals surface area contributed by atoms with E-state index in [4.69, 9.17) is 6.42 Å². The summed E-state index contributed by atoms with van der Waals surface area (Å²) in [6.07, 6.45) is 18.1. The molecular weight excluding hydrogens is 206 g/mol. The van der Waals surface area contributed by atoms with Gasteiger partial charge in [-0.1, -0.05) is 46.0 Å². The van der Waals surface area contributed by atoms with Gasteiger partial charge < -0.3 is 5.32 Å². The molecule has 0 bridgehead atoms. The zero-order chi connectivity index (χ0) is 12.8. The minimum atomic E-state index is 0.699. The van der Waals surface area contributed by atoms with Crippen molar-refractivity contribution in [1.29, 1.82) is 0 Å². The monoisotopic (exact) mass is 237 g/mol. The van der Waals surface area contributed by atoms with E-state index >= 15 is 0 Å². The van der Waals surface area contributed by atoms with E-state index in [9.17, 15) is 0 Å². The summed E-state index contributed by atoms with van der Waals surface area (Å²) in [5, 5.41) is 3.65. The quantitative estimate of drug-likeness (QED) is 0.389. The zero-order valence-corrected chi connectivity index (χ0v) is 11.9. The molecule has 1 nitrogen and oxygen atoms in total. The highest BCUT2D eigenvalue weighted by Crippen LogP contribution is 2.11. The van der Waals surface area contributed by atoms with Gasteiger partial charge in [0.2, 0.25) is 0 Å². The third-order valence-electron chi connectivity index (χ3n) is 3.21. The van der Waals surface area contributed by atoms with E-state index in [0.717, 1.165) is 13.0 Å². The number of rotatable bonds is 12. The maximum absolute atomic E-state index is 5.30. The second-order valence-corrected chi connectivity index (χ2v) is 4.95. The van der Waals surface area contributed by atoms with Crippen molar-refractivity contribution in [3.05, 3.63) is 0 Å². The van der Waals surface area contributed by atoms with Crippen LogP contribution in [-0.4, -0.2) is 12.6 Å². The topological polar surface area (TPSA) is 12.0 Å². The van der Waals surface area contributed by atoms with Crippen molar-refractivity contribution in [2.75, 3.05) is 6.54 Å². The van der Waals surface area contributed by atoms with Gasteiger partial charge in [-0.3, -0.25) is 0 Å². The van der Waals surface area contributed by atoms with Crippen LogP contribution in [0.4, 0.5) is 0 Å². The van der Waals surface area contributed by atoms with Crippen molar-refractivity contribution in [2.45, 2.75) is 84.1 Å². The predicted octanol–water partition coefficient (Wildman–Crippen LogP) is 4.52. The molecule has 1 atom stereocenters. The van der Waals surface area contributed by atoms with Crippen LogP contribution in [0.1, 0.15) is 78.1 Å². The van der Waals surface area contributed by atoms with Crippen LogP contribution < -0.4 is 5.32 Å². The van der Waals surface area contributed by atoms with Crippen molar-refractivity contribution in [1.82, 2.24) is 5.32 Å². The lowest BCUT2D eigenvalue weighted by molar-refractivity contribution is 0.423. The lowest BCUT2D eigenvalue weighted by atomic mass is 10.0. The predicted molar refractivity (Wildman–Crippen MR) is 78.1 cm³/mol. The van der Waals surface area contributed by atoms with Crippen molar-refractivity contribution >= 4 is 0 Å². The Morgan fingerprint density at radius 3 is 2.29 bits per heavy atom. The van der Waals surface area contributed by atoms with E-state index < -0.39 is 0 Å². The second-order valence-electron chi connectivity index (χ2n) is 4.95. The Morgan fingerprint density at radius 2 is 1.65 bits per heavy atom. The molecule has 0 aromatic rings. The number of hydrogen-bond acceptors (Lipinski definition) is 1. The second kappa shape index (κ2) is 13.6. The third kappa shape index (κ3) is 11.8. The van der Waals surface area contributed by atoms with Gasteiger partial charge in [-0.25, -0.2) is 0 Å². The molecule has 0 saturated carbocycles. The lowest BCUT2D eigenvalue weighted by Gasteiger charge is -2.18. The normalized spacial score (nSPS) is 12.3. The van der Waals surface area contributed by atoms with E-state index in [-0.39, 0.29) is 0 Å². The molecule has 1 heteroatoms. The molecule has 100 valence electrons. The van der Waals surface area contributed by atoms with Gasteiger partial charge in [-0.2, -0.15) is 0 Å². The summed E-state index contributed by atoms with van der Waals surface area (Å²) in [6.45, 7) is 5.65. The maximum atomic E-state index is 5.30. The summed E-state index contributed by atoms with van der Waals surface area (Å²) in [7, 11) is 0. The van der Waals surface area contributed by atoms with Gasteiger partial charge in [0, 0.05) is 12.5 Å². The van der Waals surface area contributed by atoms with E-state index in [0.29, 0.717) is 6.04 Å². The summed E-state index contributed by atoms with van der Waals surface area (Å²) >= 11 is 0. The van der Waals surface area contributed by atoms with E-state index in [1.807, 2.05) is 0 Å². The molecule has 0 aliphatic rings. The average Bonchev–Trinajstić information content (AvgIpc) is 2.35. The molecule has 0 radical (unpaired) electrons. The smallest absolute Gasteiger partial charge is 0.00866 e. The van der Waals surface area contributed by atoms with Crippen LogP contribution in [0.5, 0.6) is 0 Å². The van der Waals surface area contributed by atoms with Gasteiger partial charge in [0.25, 0.3) is 0 Å². The van der Waals surface area contributed by atoms with Crippen LogP contribution in [0, 0.1) is 12.3 Å². The molecule has 0 rings (SSSR count). The molecule has 1 N–H and O–H groups in total. The molecule has 0 aliphatic carbocycles. The Balaban J connectivity index is 3.57. The summed E-state index contributed by atoms with van der Waals surface area (Å²) < 4.78 is 0. The van der Waals surface area contributed by atoms with Gasteiger partial charge in [0.15, 0.2) is 0 Å². The Bertz CT molecular complexity index is 180. The fraction of sp³-hybridized carbons (Fsp3) is 0.875. The standard InChI is InChI=1S/C16H31N/c1-4-7-9-10-12-14-16(17-15-6-3)13-11-8-5-2/h2,16-17H,4,6-15H2,1,3H3. The zero-order valence-electron chi connectivity index (χ0n) is 11.9. The fourth-order valence-corrected chi connectivity index (χ4v) is 2.14. The molecule has 0 amide bonds. The van der Waals surface area contributed by atoms with Gasteiger partial charge in [0.1, 0.15) is 0 Å². The Kier molecular flexibility index (Phi) is 13.2. The van der Waals surface area contributed by atoms with Crippen LogP contribution in [-0.2, 0) is 0 Å². The fourth-order valence-electron chi connectivity index (χ4n) is 2.14. The van der Waals surface area contributed by atoms with Gasteiger partial charge in [-0.15, -0.1) is 12.3 Å². The highest BCUT2D eigenvalue weighted by molar-refractivity contribution is 4.83. The molecule has 17 heavy (non-hydrogen) atoms. The van der Waals surface area contributed by atoms with Crippen LogP contribution >= 0.6 is 0 Å². The number of unbranched alkanes of at least 4 members (excludes halogenated alkanes) is 5. The van der Waals surface area contributed by atoms with Crippen LogP contribution in [0.3, 0.4) is 0 Å². The summed E-state index contributed by atoms with van der Waals surface area (Å²) in [4.78, 5) is 0. The summed E-state index contributed by atoms with van der Waals surface area (Å²) in [6, 6.07) is 0.699. The molecule has 0 aliphatic heterocycles. The first-order valence-corrected chi connectivity index (χ1v) is 7.52. The number of terminal acetylenes is 1. The maximum Gasteiger partial charge on any atom is 0.00866 e. The van der Waals surface area contributed by atoms with Gasteiger partial charge >= 0.3 is 0 Å². The van der Waals surface area contributed by atoms with Crippen LogP contribution in [0.25, 0.3) is 0 Å². The van der Waals surface area contributed by atoms with Crippen molar-refractivity contribution in [3.8, 4) is 12.3 Å². The van der Waals surface area contributed by atoms with E-state index in [1.165, 1.54) is 57.8 Å². The molecule has 1 unspecified atom stereocenters. The third-order valence-corrected chi connectivity index (χ3v) is 3.21. The Hall–Kier alpha value is -0.480. The minimum absolute atomic E-state index is 0.699. The van der Waals surface area contributed by atoms with E-state index in [1.54, 1.807) is 0 Å². The summed E-state index contributed by atoms with van der Waals surface area (Å²) in [5.41, 5.74) is 0. The molecular formula is C16H31N. The van der Waals surface area contributed by atoms with Crippen molar-refractivity contribution in [3.63, 3.8) is 0 Å². The highest BCUT2D eigenvalue weighted by Gasteiger charge is 2.06. The van der Waals surface area contributed by atoms with Gasteiger partial charge in [-0.05, 0) is 32.2 Å². The highest BCUT2D eigenvalue weighted by atomic mass is 14.9. The van der Waals surface area contributed by atoms with E-state index in [2.05, 4.69) is 25.1 Å². The average molecular weight is 237 g/mol. The van der Waals surface area contributed by atoms with Crippen LogP contribution in [0.15, 0.2) is 0 Å². The number of hydrogen-bond donors (Lipinski definition) is 1. The van der Waals surface area contributed by atoms with Crippen LogP contribution in [0.2, 0.25) is 0 Å². The lowest BCUT2D eigenvalue weighted by Crippen LogP contribution is -2.29. The van der Waals surface area contributed by atoms with Gasteiger partial charge in [0.05, 0.1) is 0 Å². The van der Waals surface area contributed by atoms with Crippen molar-refractivity contribution in [2.24, 2.45) is 0 Å². The SMILES string of the molecule is C#CCCCC(CCCCCCC)NCCC. The molecule has 0 aromatic carbocycles. The Morgan fingerprint density at radius 1 is 0.941 bits per heavy atom. The molecule has 0 spiro atoms. The number of nitrogens with one attached hydrogen (secondary N) is 1. The first-order valence-electron chi connectivity index (χ1n) is 7.52. The molecule has 0 fully saturated rings. The first kappa shape index (κ1) is 16.5. The largest absolute Gasteiger partial charge is 0.314 e. The molecule has 0 heterocycles. The molecule has 0 saturated heterocycles. The van der Waals surface area contributed by atoms with Crippen molar-refractivity contribution < 1.29 is 0 Å². The first-order chi connectivity index (χ1) is 8.35.